The number of imide groups is 1. The van der Waals surface area contributed by atoms with Gasteiger partial charge in [-0.2, -0.15) is 0 Å². The van der Waals surface area contributed by atoms with Crippen molar-refractivity contribution in [2.24, 2.45) is 0 Å². The number of benzene rings is 1. The van der Waals surface area contributed by atoms with E-state index in [1.54, 1.807) is 18.2 Å². The van der Waals surface area contributed by atoms with Crippen molar-refractivity contribution in [2.75, 3.05) is 16.8 Å². The fraction of sp³-hybridized carbons (Fsp3) is 0.385. The minimum Gasteiger partial charge on any atom is -0.382 e. The number of rotatable bonds is 2. The number of carbonyl (C=O) groups is 2. The Balaban J connectivity index is 1.75. The second-order valence-electron chi connectivity index (χ2n) is 5.11. The maximum absolute atomic E-state index is 11.6. The number of sulfone groups is 1. The van der Waals surface area contributed by atoms with Gasteiger partial charge in [-0.15, -0.1) is 0 Å². The third-order valence-electron chi connectivity index (χ3n) is 3.66. The molecule has 1 aromatic rings. The lowest BCUT2D eigenvalue weighted by atomic mass is 10.1. The van der Waals surface area contributed by atoms with Crippen molar-refractivity contribution >= 4 is 27.3 Å². The summed E-state index contributed by atoms with van der Waals surface area (Å²) < 4.78 is 22.7. The SMILES string of the molecule is O=C1NC(=O)c2cc(NC3CCS(=O)(=O)CC3)ccc21. The van der Waals surface area contributed by atoms with Crippen LogP contribution in [0.25, 0.3) is 0 Å². The topological polar surface area (TPSA) is 92.3 Å². The van der Waals surface area contributed by atoms with Gasteiger partial charge in [0.25, 0.3) is 11.8 Å². The zero-order valence-corrected chi connectivity index (χ0v) is 11.5. The Bertz CT molecular complexity index is 682. The van der Waals surface area contributed by atoms with E-state index in [1.807, 2.05) is 0 Å². The summed E-state index contributed by atoms with van der Waals surface area (Å²) in [5.74, 6) is -0.386. The zero-order valence-electron chi connectivity index (χ0n) is 10.7. The highest BCUT2D eigenvalue weighted by atomic mass is 32.2. The van der Waals surface area contributed by atoms with Crippen LogP contribution in [0.2, 0.25) is 0 Å². The van der Waals surface area contributed by atoms with Crippen molar-refractivity contribution in [3.63, 3.8) is 0 Å². The van der Waals surface area contributed by atoms with Crippen LogP contribution in [-0.2, 0) is 9.84 Å². The largest absolute Gasteiger partial charge is 0.382 e. The Morgan fingerprint density at radius 2 is 1.70 bits per heavy atom. The maximum atomic E-state index is 11.6. The molecule has 2 heterocycles. The quantitative estimate of drug-likeness (QED) is 0.778. The number of hydrogen-bond donors (Lipinski definition) is 2. The molecule has 1 fully saturated rings. The second-order valence-corrected chi connectivity index (χ2v) is 7.42. The zero-order chi connectivity index (χ0) is 14.3. The molecule has 2 amide bonds. The molecule has 0 saturated carbocycles. The van der Waals surface area contributed by atoms with Gasteiger partial charge in [0.2, 0.25) is 0 Å². The number of hydrogen-bond acceptors (Lipinski definition) is 5. The fourth-order valence-electron chi connectivity index (χ4n) is 2.53. The molecule has 7 heteroatoms. The molecular formula is C13H14N2O4S. The molecule has 2 aliphatic rings. The van der Waals surface area contributed by atoms with Gasteiger partial charge in [-0.25, -0.2) is 8.42 Å². The third-order valence-corrected chi connectivity index (χ3v) is 5.38. The molecule has 2 aliphatic heterocycles. The van der Waals surface area contributed by atoms with Gasteiger partial charge in [-0.1, -0.05) is 0 Å². The Morgan fingerprint density at radius 1 is 1.05 bits per heavy atom. The lowest BCUT2D eigenvalue weighted by molar-refractivity contribution is 0.0879. The molecule has 0 spiro atoms. The highest BCUT2D eigenvalue weighted by molar-refractivity contribution is 7.91. The van der Waals surface area contributed by atoms with Crippen molar-refractivity contribution in [3.8, 4) is 0 Å². The highest BCUT2D eigenvalue weighted by Crippen LogP contribution is 2.23. The van der Waals surface area contributed by atoms with Gasteiger partial charge in [0.15, 0.2) is 0 Å². The van der Waals surface area contributed by atoms with Crippen LogP contribution in [0.1, 0.15) is 33.6 Å². The van der Waals surface area contributed by atoms with Gasteiger partial charge in [0.05, 0.1) is 22.6 Å². The van der Waals surface area contributed by atoms with Crippen molar-refractivity contribution in [2.45, 2.75) is 18.9 Å². The summed E-state index contributed by atoms with van der Waals surface area (Å²) in [6.07, 6.45) is 1.12. The average Bonchev–Trinajstić information content (AvgIpc) is 2.68. The van der Waals surface area contributed by atoms with E-state index in [2.05, 4.69) is 10.6 Å². The lowest BCUT2D eigenvalue weighted by Gasteiger charge is -2.24. The van der Waals surface area contributed by atoms with E-state index in [0.717, 1.165) is 5.69 Å². The van der Waals surface area contributed by atoms with Crippen LogP contribution in [0.4, 0.5) is 5.69 Å². The van der Waals surface area contributed by atoms with E-state index in [9.17, 15) is 18.0 Å². The number of carbonyl (C=O) groups excluding carboxylic acids is 2. The first kappa shape index (κ1) is 13.1. The predicted octanol–water partition coefficient (Wildman–Crippen LogP) is 0.559. The van der Waals surface area contributed by atoms with Gasteiger partial charge in [-0.05, 0) is 31.0 Å². The smallest absolute Gasteiger partial charge is 0.259 e. The molecule has 106 valence electrons. The molecule has 20 heavy (non-hydrogen) atoms. The van der Waals surface area contributed by atoms with E-state index in [-0.39, 0.29) is 29.4 Å². The molecule has 0 radical (unpaired) electrons. The minimum absolute atomic E-state index is 0.0803. The fourth-order valence-corrected chi connectivity index (χ4v) is 4.02. The molecular weight excluding hydrogens is 280 g/mol. The minimum atomic E-state index is -2.88. The van der Waals surface area contributed by atoms with Gasteiger partial charge in [0, 0.05) is 11.7 Å². The first-order valence-electron chi connectivity index (χ1n) is 6.41. The van der Waals surface area contributed by atoms with Crippen LogP contribution in [0.15, 0.2) is 18.2 Å². The third kappa shape index (κ3) is 2.40. The van der Waals surface area contributed by atoms with Gasteiger partial charge >= 0.3 is 0 Å². The summed E-state index contributed by atoms with van der Waals surface area (Å²) in [5, 5.41) is 5.47. The highest BCUT2D eigenvalue weighted by Gasteiger charge is 2.28. The van der Waals surface area contributed by atoms with Crippen molar-refractivity contribution in [1.82, 2.24) is 5.32 Å². The Hall–Kier alpha value is -1.89. The van der Waals surface area contributed by atoms with Crippen molar-refractivity contribution in [1.29, 1.82) is 0 Å². The average molecular weight is 294 g/mol. The first-order valence-corrected chi connectivity index (χ1v) is 8.23. The van der Waals surface area contributed by atoms with E-state index in [1.165, 1.54) is 0 Å². The number of fused-ring (bicyclic) bond motifs is 1. The van der Waals surface area contributed by atoms with Gasteiger partial charge in [-0.3, -0.25) is 14.9 Å². The van der Waals surface area contributed by atoms with Crippen LogP contribution in [-0.4, -0.2) is 37.8 Å². The number of amides is 2. The molecule has 0 bridgehead atoms. The summed E-state index contributed by atoms with van der Waals surface area (Å²) in [6.45, 7) is 0. The molecule has 2 N–H and O–H groups in total. The molecule has 0 aliphatic carbocycles. The Morgan fingerprint density at radius 3 is 2.40 bits per heavy atom. The first-order chi connectivity index (χ1) is 9.44. The van der Waals surface area contributed by atoms with Crippen molar-refractivity contribution < 1.29 is 18.0 Å². The van der Waals surface area contributed by atoms with E-state index in [4.69, 9.17) is 0 Å². The Kier molecular flexibility index (Phi) is 3.01. The summed E-state index contributed by atoms with van der Waals surface area (Å²) in [5.41, 5.74) is 1.48. The normalized spacial score (nSPS) is 21.4. The van der Waals surface area contributed by atoms with Crippen LogP contribution < -0.4 is 10.6 Å². The molecule has 1 saturated heterocycles. The molecule has 3 rings (SSSR count). The van der Waals surface area contributed by atoms with Crippen LogP contribution in [0, 0.1) is 0 Å². The second kappa shape index (κ2) is 4.59. The number of nitrogens with one attached hydrogen (secondary N) is 2. The number of anilines is 1. The van der Waals surface area contributed by atoms with Gasteiger partial charge in [0.1, 0.15) is 9.84 Å². The maximum Gasteiger partial charge on any atom is 0.259 e. The summed E-state index contributed by atoms with van der Waals surface area (Å²) in [4.78, 5) is 23.0. The standard InChI is InChI=1S/C13H14N2O4S/c16-12-10-2-1-9(7-11(10)13(17)15-12)14-8-3-5-20(18,19)6-4-8/h1-2,7-8,14H,3-6H2,(H,15,16,17). The molecule has 0 unspecified atom stereocenters. The molecule has 0 atom stereocenters. The lowest BCUT2D eigenvalue weighted by Crippen LogP contribution is -2.32. The van der Waals surface area contributed by atoms with E-state index >= 15 is 0 Å². The van der Waals surface area contributed by atoms with Crippen LogP contribution in [0.3, 0.4) is 0 Å². The summed E-state index contributed by atoms with van der Waals surface area (Å²) >= 11 is 0. The molecule has 1 aromatic carbocycles. The summed E-state index contributed by atoms with van der Waals surface area (Å²) in [6, 6.07) is 5.06. The predicted molar refractivity (Wildman–Crippen MR) is 73.5 cm³/mol. The Labute approximate surface area is 116 Å². The van der Waals surface area contributed by atoms with Crippen LogP contribution in [0.5, 0.6) is 0 Å². The van der Waals surface area contributed by atoms with Crippen molar-refractivity contribution in [3.05, 3.63) is 29.3 Å². The monoisotopic (exact) mass is 294 g/mol. The van der Waals surface area contributed by atoms with E-state index in [0.29, 0.717) is 24.0 Å². The van der Waals surface area contributed by atoms with Crippen LogP contribution >= 0.6 is 0 Å². The van der Waals surface area contributed by atoms with E-state index < -0.39 is 9.84 Å². The van der Waals surface area contributed by atoms with Gasteiger partial charge < -0.3 is 5.32 Å². The molecule has 6 nitrogen and oxygen atoms in total. The molecule has 0 aromatic heterocycles. The summed E-state index contributed by atoms with van der Waals surface area (Å²) in [7, 11) is -2.88.